The summed E-state index contributed by atoms with van der Waals surface area (Å²) in [7, 11) is 1.49. The minimum Gasteiger partial charge on any atom is -0.374 e. The fraction of sp³-hybridized carbons (Fsp3) is 0.625. The highest BCUT2D eigenvalue weighted by Gasteiger charge is 2.08. The zero-order chi connectivity index (χ0) is 9.84. The molecule has 0 aliphatic carbocycles. The lowest BCUT2D eigenvalue weighted by molar-refractivity contribution is 0.0989. The van der Waals surface area contributed by atoms with Gasteiger partial charge >= 0.3 is 0 Å². The zero-order valence-electron chi connectivity index (χ0n) is 8.14. The van der Waals surface area contributed by atoms with E-state index in [0.717, 1.165) is 0 Å². The van der Waals surface area contributed by atoms with Crippen LogP contribution < -0.4 is 5.06 Å². The molecule has 1 aromatic rings. The number of hydroxylamine groups is 1. The predicted molar refractivity (Wildman–Crippen MR) is 49.2 cm³/mol. The van der Waals surface area contributed by atoms with Crippen molar-refractivity contribution >= 4 is 5.82 Å². The summed E-state index contributed by atoms with van der Waals surface area (Å²) >= 11 is 0. The van der Waals surface area contributed by atoms with Crippen LogP contribution in [0, 0.1) is 0 Å². The van der Waals surface area contributed by atoms with E-state index in [1.54, 1.807) is 10.7 Å². The normalized spacial score (nSPS) is 10.8. The lowest BCUT2D eigenvalue weighted by Crippen LogP contribution is -2.23. The fourth-order valence-electron chi connectivity index (χ4n) is 0.972. The maximum absolute atomic E-state index is 8.88. The molecular weight excluding hydrogens is 170 g/mol. The summed E-state index contributed by atoms with van der Waals surface area (Å²) in [6, 6.07) is 2.10. The Morgan fingerprint density at radius 1 is 1.69 bits per heavy atom. The summed E-state index contributed by atoms with van der Waals surface area (Å²) in [5.41, 5.74) is 0. The molecule has 0 fully saturated rings. The van der Waals surface area contributed by atoms with Crippen LogP contribution in [0.5, 0.6) is 0 Å². The molecule has 74 valence electrons. The van der Waals surface area contributed by atoms with Gasteiger partial charge in [-0.25, -0.2) is 5.06 Å². The van der Waals surface area contributed by atoms with E-state index >= 15 is 0 Å². The van der Waals surface area contributed by atoms with Crippen molar-refractivity contribution in [1.29, 1.82) is 0 Å². The molecular formula is C8H15N3O2. The van der Waals surface area contributed by atoms with Gasteiger partial charge in [-0.3, -0.25) is 9.52 Å². The lowest BCUT2D eigenvalue weighted by Gasteiger charge is -2.15. The van der Waals surface area contributed by atoms with E-state index < -0.39 is 0 Å². The average molecular weight is 185 g/mol. The third-order valence-corrected chi connectivity index (χ3v) is 1.73. The number of aromatic nitrogens is 2. The smallest absolute Gasteiger partial charge is 0.176 e. The minimum atomic E-state index is -0.203. The number of aliphatic hydroxyl groups excluding tert-OH is 1. The summed E-state index contributed by atoms with van der Waals surface area (Å²) in [5, 5.41) is 14.4. The Bertz CT molecular complexity index is 256. The zero-order valence-corrected chi connectivity index (χ0v) is 8.14. The molecule has 5 heteroatoms. The monoisotopic (exact) mass is 185 g/mol. The van der Waals surface area contributed by atoms with Crippen LogP contribution in [0.25, 0.3) is 0 Å². The molecule has 0 aromatic carbocycles. The molecule has 1 aromatic heterocycles. The molecule has 5 nitrogen and oxygen atoms in total. The summed E-state index contributed by atoms with van der Waals surface area (Å²) in [5.74, 6) is 0.610. The van der Waals surface area contributed by atoms with E-state index in [1.165, 1.54) is 12.2 Å². The van der Waals surface area contributed by atoms with Gasteiger partial charge in [-0.1, -0.05) is 0 Å². The van der Waals surface area contributed by atoms with Gasteiger partial charge in [-0.2, -0.15) is 5.10 Å². The third kappa shape index (κ3) is 2.19. The molecule has 0 amide bonds. The van der Waals surface area contributed by atoms with Gasteiger partial charge in [0.05, 0.1) is 7.11 Å². The van der Waals surface area contributed by atoms with Crippen LogP contribution in [-0.2, 0) is 4.84 Å². The van der Waals surface area contributed by atoms with Crippen LogP contribution in [0.4, 0.5) is 5.82 Å². The molecule has 0 aliphatic rings. The van der Waals surface area contributed by atoms with E-state index in [2.05, 4.69) is 5.10 Å². The predicted octanol–water partition coefficient (Wildman–Crippen LogP) is 0.782. The standard InChI is InChI=1S/C8H15N3O2/c1-7(2)10-5-4-8(9-10)11(6-12)13-3/h4-5,7,12H,6H2,1-3H3. The van der Waals surface area contributed by atoms with E-state index in [-0.39, 0.29) is 6.73 Å². The first kappa shape index (κ1) is 10.0. The Balaban J connectivity index is 2.78. The Hall–Kier alpha value is -1.07. The first-order valence-corrected chi connectivity index (χ1v) is 4.16. The first-order chi connectivity index (χ1) is 6.19. The molecule has 13 heavy (non-hydrogen) atoms. The first-order valence-electron chi connectivity index (χ1n) is 4.16. The molecule has 0 spiro atoms. The van der Waals surface area contributed by atoms with Crippen LogP contribution in [0.3, 0.4) is 0 Å². The van der Waals surface area contributed by atoms with Crippen molar-refractivity contribution in [3.63, 3.8) is 0 Å². The van der Waals surface area contributed by atoms with Crippen molar-refractivity contribution in [2.45, 2.75) is 19.9 Å². The average Bonchev–Trinajstić information content (AvgIpc) is 2.56. The van der Waals surface area contributed by atoms with Crippen molar-refractivity contribution in [2.24, 2.45) is 0 Å². The topological polar surface area (TPSA) is 50.5 Å². The molecule has 1 rings (SSSR count). The molecule has 0 bridgehead atoms. The Kier molecular flexibility index (Phi) is 3.27. The van der Waals surface area contributed by atoms with Crippen molar-refractivity contribution in [1.82, 2.24) is 9.78 Å². The second kappa shape index (κ2) is 4.25. The maximum Gasteiger partial charge on any atom is 0.176 e. The van der Waals surface area contributed by atoms with Crippen LogP contribution >= 0.6 is 0 Å². The van der Waals surface area contributed by atoms with E-state index in [1.807, 2.05) is 20.0 Å². The van der Waals surface area contributed by atoms with E-state index in [4.69, 9.17) is 9.94 Å². The number of aliphatic hydroxyl groups is 1. The maximum atomic E-state index is 8.88. The number of hydrogen-bond donors (Lipinski definition) is 1. The molecule has 0 saturated carbocycles. The van der Waals surface area contributed by atoms with Gasteiger partial charge in [0.2, 0.25) is 0 Å². The summed E-state index contributed by atoms with van der Waals surface area (Å²) in [4.78, 5) is 4.89. The second-order valence-electron chi connectivity index (χ2n) is 2.95. The Morgan fingerprint density at radius 3 is 2.77 bits per heavy atom. The summed E-state index contributed by atoms with van der Waals surface area (Å²) < 4.78 is 1.80. The molecule has 0 saturated heterocycles. The molecule has 0 atom stereocenters. The highest BCUT2D eigenvalue weighted by Crippen LogP contribution is 2.12. The second-order valence-corrected chi connectivity index (χ2v) is 2.95. The summed E-state index contributed by atoms with van der Waals surface area (Å²) in [6.45, 7) is 3.87. The molecule has 1 heterocycles. The molecule has 0 radical (unpaired) electrons. The number of nitrogens with zero attached hydrogens (tertiary/aromatic N) is 3. The quantitative estimate of drug-likeness (QED) is 0.556. The van der Waals surface area contributed by atoms with Crippen molar-refractivity contribution in [3.8, 4) is 0 Å². The number of anilines is 1. The van der Waals surface area contributed by atoms with Crippen LogP contribution in [0.1, 0.15) is 19.9 Å². The third-order valence-electron chi connectivity index (χ3n) is 1.73. The van der Waals surface area contributed by atoms with Crippen LogP contribution in [0.2, 0.25) is 0 Å². The largest absolute Gasteiger partial charge is 0.374 e. The van der Waals surface area contributed by atoms with Gasteiger partial charge in [0.1, 0.15) is 6.73 Å². The highest BCUT2D eigenvalue weighted by molar-refractivity contribution is 5.32. The van der Waals surface area contributed by atoms with Crippen LogP contribution in [-0.4, -0.2) is 28.7 Å². The molecule has 0 unspecified atom stereocenters. The molecule has 1 N–H and O–H groups in total. The van der Waals surface area contributed by atoms with Crippen molar-refractivity contribution in [3.05, 3.63) is 12.3 Å². The number of hydrogen-bond acceptors (Lipinski definition) is 4. The van der Waals surface area contributed by atoms with Gasteiger partial charge in [-0.15, -0.1) is 0 Å². The van der Waals surface area contributed by atoms with E-state index in [0.29, 0.717) is 11.9 Å². The summed E-state index contributed by atoms with van der Waals surface area (Å²) in [6.07, 6.45) is 1.85. The Morgan fingerprint density at radius 2 is 2.38 bits per heavy atom. The fourth-order valence-corrected chi connectivity index (χ4v) is 0.972. The Labute approximate surface area is 77.5 Å². The number of rotatable bonds is 4. The van der Waals surface area contributed by atoms with Gasteiger partial charge in [0.15, 0.2) is 5.82 Å². The van der Waals surface area contributed by atoms with Crippen molar-refractivity contribution in [2.75, 3.05) is 18.9 Å². The van der Waals surface area contributed by atoms with Gasteiger partial charge in [0, 0.05) is 18.3 Å². The SMILES string of the molecule is CON(CO)c1ccn(C(C)C)n1. The van der Waals surface area contributed by atoms with Crippen LogP contribution in [0.15, 0.2) is 12.3 Å². The van der Waals surface area contributed by atoms with Gasteiger partial charge < -0.3 is 5.11 Å². The van der Waals surface area contributed by atoms with E-state index in [9.17, 15) is 0 Å². The van der Waals surface area contributed by atoms with Crippen molar-refractivity contribution < 1.29 is 9.94 Å². The minimum absolute atomic E-state index is 0.203. The van der Waals surface area contributed by atoms with Gasteiger partial charge in [-0.05, 0) is 13.8 Å². The van der Waals surface area contributed by atoms with Gasteiger partial charge in [0.25, 0.3) is 0 Å². The molecule has 0 aliphatic heterocycles. The lowest BCUT2D eigenvalue weighted by atomic mass is 10.4. The highest BCUT2D eigenvalue weighted by atomic mass is 16.7.